The number of hydrogen-bond donors (Lipinski definition) is 1. The molecule has 0 saturated heterocycles. The van der Waals surface area contributed by atoms with Gasteiger partial charge in [0.2, 0.25) is 0 Å². The number of nitrogens with one attached hydrogen (secondary N) is 1. The molecule has 1 aromatic carbocycles. The van der Waals surface area contributed by atoms with Crippen molar-refractivity contribution in [2.24, 2.45) is 0 Å². The van der Waals surface area contributed by atoms with Crippen molar-refractivity contribution < 1.29 is 13.6 Å². The van der Waals surface area contributed by atoms with Crippen LogP contribution in [0.25, 0.3) is 11.3 Å². The first-order chi connectivity index (χ1) is 13.8. The predicted molar refractivity (Wildman–Crippen MR) is 101 cm³/mol. The van der Waals surface area contributed by atoms with Crippen molar-refractivity contribution in [1.29, 1.82) is 5.26 Å². The minimum Gasteiger partial charge on any atom is -0.344 e. The zero-order valence-electron chi connectivity index (χ0n) is 15.6. The molecule has 146 valence electrons. The van der Waals surface area contributed by atoms with Crippen LogP contribution in [0, 0.1) is 11.3 Å². The number of fused-ring (bicyclic) bond motifs is 1. The van der Waals surface area contributed by atoms with Crippen molar-refractivity contribution in [3.05, 3.63) is 71.2 Å². The Bertz CT molecular complexity index is 1130. The van der Waals surface area contributed by atoms with Crippen molar-refractivity contribution in [1.82, 2.24) is 20.1 Å². The highest BCUT2D eigenvalue weighted by atomic mass is 19.3. The minimum absolute atomic E-state index is 0.247. The van der Waals surface area contributed by atoms with Crippen molar-refractivity contribution >= 4 is 5.91 Å². The minimum atomic E-state index is -3.03. The van der Waals surface area contributed by atoms with Gasteiger partial charge in [-0.05, 0) is 42.8 Å². The largest absolute Gasteiger partial charge is 0.344 e. The second-order valence-corrected chi connectivity index (χ2v) is 7.00. The predicted octanol–water partition coefficient (Wildman–Crippen LogP) is 3.80. The average Bonchev–Trinajstić information content (AvgIpc) is 3.29. The third kappa shape index (κ3) is 3.72. The van der Waals surface area contributed by atoms with Crippen LogP contribution in [0.5, 0.6) is 0 Å². The fourth-order valence-electron chi connectivity index (χ4n) is 3.38. The Morgan fingerprint density at radius 2 is 2.14 bits per heavy atom. The van der Waals surface area contributed by atoms with Gasteiger partial charge in [-0.25, -0.2) is 0 Å². The average molecular weight is 393 g/mol. The standard InChI is InChI=1S/C21H17F2N5O/c1-21(22,23)19-10-14(5-7-25-19)17-11-18-16(6-8-28(18)27-17)26-20(29)15-4-2-3-13(9-15)12-24/h2-5,7,9-11,16H,6,8H2,1H3,(H,26,29). The van der Waals surface area contributed by atoms with E-state index in [4.69, 9.17) is 5.26 Å². The molecular formula is C21H17F2N5O. The lowest BCUT2D eigenvalue weighted by Gasteiger charge is -2.12. The smallest absolute Gasteiger partial charge is 0.286 e. The van der Waals surface area contributed by atoms with Crippen LogP contribution in [-0.4, -0.2) is 20.7 Å². The maximum Gasteiger partial charge on any atom is 0.286 e. The lowest BCUT2D eigenvalue weighted by atomic mass is 10.1. The highest BCUT2D eigenvalue weighted by Crippen LogP contribution is 2.32. The fourth-order valence-corrected chi connectivity index (χ4v) is 3.38. The van der Waals surface area contributed by atoms with E-state index in [2.05, 4.69) is 15.4 Å². The van der Waals surface area contributed by atoms with Gasteiger partial charge < -0.3 is 5.32 Å². The number of carbonyl (C=O) groups is 1. The summed E-state index contributed by atoms with van der Waals surface area (Å²) in [6.45, 7) is 1.42. The van der Waals surface area contributed by atoms with Gasteiger partial charge in [0.05, 0.1) is 29.1 Å². The summed E-state index contributed by atoms with van der Waals surface area (Å²) in [5.41, 5.74) is 2.42. The van der Waals surface area contributed by atoms with E-state index in [1.54, 1.807) is 35.0 Å². The Hall–Kier alpha value is -3.60. The highest BCUT2D eigenvalue weighted by molar-refractivity contribution is 5.94. The van der Waals surface area contributed by atoms with Crippen LogP contribution in [0.3, 0.4) is 0 Å². The topological polar surface area (TPSA) is 83.6 Å². The Kier molecular flexibility index (Phi) is 4.59. The molecule has 1 amide bonds. The van der Waals surface area contributed by atoms with E-state index >= 15 is 0 Å². The van der Waals surface area contributed by atoms with Gasteiger partial charge in [0, 0.05) is 30.8 Å². The highest BCUT2D eigenvalue weighted by Gasteiger charge is 2.29. The van der Waals surface area contributed by atoms with Crippen LogP contribution in [0.1, 0.15) is 46.7 Å². The monoisotopic (exact) mass is 393 g/mol. The molecule has 6 nitrogen and oxygen atoms in total. The molecule has 8 heteroatoms. The quantitative estimate of drug-likeness (QED) is 0.731. The molecule has 0 aliphatic carbocycles. The molecule has 3 aromatic rings. The SMILES string of the molecule is CC(F)(F)c1cc(-c2cc3n(n2)CCC3NC(=O)c2cccc(C#N)c2)ccn1. The molecule has 2 aromatic heterocycles. The zero-order chi connectivity index (χ0) is 20.6. The number of nitrogens with zero attached hydrogens (tertiary/aromatic N) is 4. The van der Waals surface area contributed by atoms with Crippen LogP contribution < -0.4 is 5.32 Å². The molecule has 0 saturated carbocycles. The molecule has 0 spiro atoms. The fraction of sp³-hybridized carbons (Fsp3) is 0.238. The van der Waals surface area contributed by atoms with Crippen molar-refractivity contribution in [2.45, 2.75) is 31.9 Å². The number of aryl methyl sites for hydroxylation is 1. The number of carbonyl (C=O) groups excluding carboxylic acids is 1. The third-order valence-electron chi connectivity index (χ3n) is 4.86. The lowest BCUT2D eigenvalue weighted by molar-refractivity contribution is 0.0128. The number of amides is 1. The van der Waals surface area contributed by atoms with E-state index in [0.29, 0.717) is 35.3 Å². The molecular weight excluding hydrogens is 376 g/mol. The number of rotatable bonds is 4. The lowest BCUT2D eigenvalue weighted by Crippen LogP contribution is -2.27. The van der Waals surface area contributed by atoms with Gasteiger partial charge in [-0.15, -0.1) is 0 Å². The molecule has 1 aliphatic heterocycles. The number of halogens is 2. The maximum absolute atomic E-state index is 13.6. The van der Waals surface area contributed by atoms with Gasteiger partial charge in [0.1, 0.15) is 5.69 Å². The Morgan fingerprint density at radius 1 is 1.31 bits per heavy atom. The molecule has 0 fully saturated rings. The normalized spacial score (nSPS) is 15.6. The molecule has 29 heavy (non-hydrogen) atoms. The summed E-state index contributed by atoms with van der Waals surface area (Å²) in [4.78, 5) is 16.3. The van der Waals surface area contributed by atoms with Crippen molar-refractivity contribution in [3.63, 3.8) is 0 Å². The Balaban J connectivity index is 1.57. The summed E-state index contributed by atoms with van der Waals surface area (Å²) in [5.74, 6) is -3.31. The van der Waals surface area contributed by atoms with Gasteiger partial charge in [-0.1, -0.05) is 6.07 Å². The van der Waals surface area contributed by atoms with Crippen LogP contribution in [0.4, 0.5) is 8.78 Å². The van der Waals surface area contributed by atoms with E-state index < -0.39 is 5.92 Å². The van der Waals surface area contributed by atoms with Crippen LogP contribution in [0.15, 0.2) is 48.7 Å². The summed E-state index contributed by atoms with van der Waals surface area (Å²) < 4.78 is 28.9. The first-order valence-corrected chi connectivity index (χ1v) is 9.08. The Morgan fingerprint density at radius 3 is 2.90 bits per heavy atom. The van der Waals surface area contributed by atoms with Gasteiger partial charge in [0.25, 0.3) is 11.8 Å². The molecule has 1 atom stereocenters. The first kappa shape index (κ1) is 18.7. The third-order valence-corrected chi connectivity index (χ3v) is 4.86. The number of pyridine rings is 1. The number of benzene rings is 1. The van der Waals surface area contributed by atoms with E-state index in [-0.39, 0.29) is 17.6 Å². The Labute approximate surface area is 165 Å². The summed E-state index contributed by atoms with van der Waals surface area (Å²) in [6, 6.07) is 13.0. The van der Waals surface area contributed by atoms with Crippen molar-refractivity contribution in [3.8, 4) is 17.3 Å². The van der Waals surface area contributed by atoms with Crippen LogP contribution in [0.2, 0.25) is 0 Å². The van der Waals surface area contributed by atoms with E-state index in [0.717, 1.165) is 12.6 Å². The van der Waals surface area contributed by atoms with Crippen LogP contribution >= 0.6 is 0 Å². The van der Waals surface area contributed by atoms with E-state index in [1.807, 2.05) is 6.07 Å². The molecule has 0 bridgehead atoms. The van der Waals surface area contributed by atoms with Crippen LogP contribution in [-0.2, 0) is 12.5 Å². The summed E-state index contributed by atoms with van der Waals surface area (Å²) in [7, 11) is 0. The number of nitriles is 1. The van der Waals surface area contributed by atoms with E-state index in [9.17, 15) is 13.6 Å². The molecule has 1 N–H and O–H groups in total. The van der Waals surface area contributed by atoms with Gasteiger partial charge in [-0.3, -0.25) is 14.5 Å². The van der Waals surface area contributed by atoms with Gasteiger partial charge in [0.15, 0.2) is 0 Å². The van der Waals surface area contributed by atoms with E-state index in [1.165, 1.54) is 18.3 Å². The number of aromatic nitrogens is 3. The molecule has 4 rings (SSSR count). The summed E-state index contributed by atoms with van der Waals surface area (Å²) >= 11 is 0. The molecule has 0 radical (unpaired) electrons. The summed E-state index contributed by atoms with van der Waals surface area (Å²) in [6.07, 6.45) is 2.02. The second kappa shape index (κ2) is 7.09. The molecule has 3 heterocycles. The van der Waals surface area contributed by atoms with Gasteiger partial charge in [-0.2, -0.15) is 19.1 Å². The molecule has 1 aliphatic rings. The van der Waals surface area contributed by atoms with Gasteiger partial charge >= 0.3 is 0 Å². The first-order valence-electron chi connectivity index (χ1n) is 9.08. The summed E-state index contributed by atoms with van der Waals surface area (Å²) in [5, 5.41) is 16.4. The maximum atomic E-state index is 13.6. The number of alkyl halides is 2. The molecule has 1 unspecified atom stereocenters. The zero-order valence-corrected chi connectivity index (χ0v) is 15.6. The second-order valence-electron chi connectivity index (χ2n) is 7.00. The van der Waals surface area contributed by atoms with Crippen molar-refractivity contribution in [2.75, 3.05) is 0 Å². The number of hydrogen-bond acceptors (Lipinski definition) is 4.